The Morgan fingerprint density at radius 3 is 2.62 bits per heavy atom. The predicted octanol–water partition coefficient (Wildman–Crippen LogP) is 4.45. The summed E-state index contributed by atoms with van der Waals surface area (Å²) in [6, 6.07) is 13.7. The number of benzene rings is 2. The molecule has 0 heterocycles. The molecule has 2 rings (SSSR count). The summed E-state index contributed by atoms with van der Waals surface area (Å²) in [5, 5.41) is 17.2. The fourth-order valence-electron chi connectivity index (χ4n) is 2.41. The normalized spacial score (nSPS) is 13.5. The summed E-state index contributed by atoms with van der Waals surface area (Å²) in [5.41, 5.74) is 1.26. The minimum absolute atomic E-state index is 0. The maximum absolute atomic E-state index is 13.7. The Hall–Kier alpha value is -1.38. The molecule has 26 heavy (non-hydrogen) atoms. The highest BCUT2D eigenvalue weighted by Crippen LogP contribution is 2.18. The van der Waals surface area contributed by atoms with Gasteiger partial charge in [-0.15, -0.1) is 24.0 Å². The Bertz CT molecular complexity index is 729. The third-order valence-electron chi connectivity index (χ3n) is 3.73. The predicted molar refractivity (Wildman–Crippen MR) is 116 cm³/mol. The van der Waals surface area contributed by atoms with Gasteiger partial charge in [0.2, 0.25) is 0 Å². The summed E-state index contributed by atoms with van der Waals surface area (Å²) in [6.07, 6.45) is -1.00. The monoisotopic (exact) mass is 491 g/mol. The molecule has 0 radical (unpaired) electrons. The fourth-order valence-corrected chi connectivity index (χ4v) is 2.60. The number of guanidine groups is 1. The molecule has 0 aliphatic rings. The standard InChI is InChI=1S/C19H23ClFN3O.HI/c1-3-22-19(24-13(2)14-7-6-8-15(20)11-14)23-12-18(25)16-9-4-5-10-17(16)21;/h4-11,13,18,25H,3,12H2,1-2H3,(H2,22,23,24);1H. The quantitative estimate of drug-likeness (QED) is 0.318. The molecule has 2 atom stereocenters. The van der Waals surface area contributed by atoms with Gasteiger partial charge in [-0.05, 0) is 37.6 Å². The second kappa shape index (κ2) is 11.4. The number of hydrogen-bond donors (Lipinski definition) is 3. The first-order valence-corrected chi connectivity index (χ1v) is 8.61. The molecule has 0 aromatic heterocycles. The van der Waals surface area contributed by atoms with Crippen LogP contribution >= 0.6 is 35.6 Å². The SMILES string of the molecule is CCNC(=NCC(O)c1ccccc1F)NC(C)c1cccc(Cl)c1.I. The molecular weight excluding hydrogens is 468 g/mol. The maximum atomic E-state index is 13.7. The van der Waals surface area contributed by atoms with E-state index in [1.807, 2.05) is 38.1 Å². The van der Waals surface area contributed by atoms with E-state index in [0.29, 0.717) is 17.5 Å². The largest absolute Gasteiger partial charge is 0.386 e. The Labute approximate surface area is 175 Å². The van der Waals surface area contributed by atoms with E-state index in [1.165, 1.54) is 6.07 Å². The molecule has 2 unspecified atom stereocenters. The fraction of sp³-hybridized carbons (Fsp3) is 0.316. The van der Waals surface area contributed by atoms with Gasteiger partial charge in [-0.2, -0.15) is 0 Å². The molecule has 142 valence electrons. The summed E-state index contributed by atoms with van der Waals surface area (Å²) < 4.78 is 13.7. The number of nitrogens with zero attached hydrogens (tertiary/aromatic N) is 1. The summed E-state index contributed by atoms with van der Waals surface area (Å²) in [7, 11) is 0. The third-order valence-corrected chi connectivity index (χ3v) is 3.97. The maximum Gasteiger partial charge on any atom is 0.191 e. The van der Waals surface area contributed by atoms with Gasteiger partial charge in [0, 0.05) is 17.1 Å². The van der Waals surface area contributed by atoms with Crippen LogP contribution in [0.4, 0.5) is 4.39 Å². The van der Waals surface area contributed by atoms with E-state index >= 15 is 0 Å². The number of hydrogen-bond acceptors (Lipinski definition) is 2. The molecule has 0 bridgehead atoms. The van der Waals surface area contributed by atoms with E-state index in [9.17, 15) is 9.50 Å². The van der Waals surface area contributed by atoms with Crippen LogP contribution in [0.5, 0.6) is 0 Å². The Morgan fingerprint density at radius 1 is 1.23 bits per heavy atom. The second-order valence-electron chi connectivity index (χ2n) is 5.68. The molecule has 3 N–H and O–H groups in total. The van der Waals surface area contributed by atoms with E-state index in [2.05, 4.69) is 15.6 Å². The molecule has 0 fully saturated rings. The first kappa shape index (κ1) is 22.7. The number of rotatable bonds is 6. The van der Waals surface area contributed by atoms with Crippen molar-refractivity contribution in [3.05, 3.63) is 70.5 Å². The van der Waals surface area contributed by atoms with Gasteiger partial charge in [0.05, 0.1) is 12.6 Å². The van der Waals surface area contributed by atoms with Gasteiger partial charge >= 0.3 is 0 Å². The molecule has 0 aliphatic carbocycles. The van der Waals surface area contributed by atoms with E-state index in [-0.39, 0.29) is 42.1 Å². The molecule has 0 saturated carbocycles. The van der Waals surface area contributed by atoms with E-state index in [1.54, 1.807) is 18.2 Å². The Kier molecular flexibility index (Phi) is 9.90. The van der Waals surface area contributed by atoms with Crippen molar-refractivity contribution in [1.82, 2.24) is 10.6 Å². The van der Waals surface area contributed by atoms with Crippen LogP contribution < -0.4 is 10.6 Å². The minimum atomic E-state index is -1.00. The van der Waals surface area contributed by atoms with Crippen LogP contribution in [0.25, 0.3) is 0 Å². The van der Waals surface area contributed by atoms with E-state index in [0.717, 1.165) is 5.56 Å². The van der Waals surface area contributed by atoms with Crippen molar-refractivity contribution in [2.24, 2.45) is 4.99 Å². The first-order chi connectivity index (χ1) is 12.0. The molecule has 7 heteroatoms. The molecule has 4 nitrogen and oxygen atoms in total. The smallest absolute Gasteiger partial charge is 0.191 e. The number of nitrogens with one attached hydrogen (secondary N) is 2. The number of halogens is 3. The zero-order valence-corrected chi connectivity index (χ0v) is 17.8. The number of aliphatic hydroxyl groups excluding tert-OH is 1. The Morgan fingerprint density at radius 2 is 1.96 bits per heavy atom. The number of aliphatic imine (C=N–C) groups is 1. The molecule has 2 aromatic rings. The van der Waals surface area contributed by atoms with Crippen molar-refractivity contribution >= 4 is 41.5 Å². The first-order valence-electron chi connectivity index (χ1n) is 8.24. The van der Waals surface area contributed by atoms with Crippen molar-refractivity contribution in [3.63, 3.8) is 0 Å². The summed E-state index contributed by atoms with van der Waals surface area (Å²) >= 11 is 6.03. The topological polar surface area (TPSA) is 56.7 Å². The summed E-state index contributed by atoms with van der Waals surface area (Å²) in [4.78, 5) is 4.36. The van der Waals surface area contributed by atoms with Crippen LogP contribution in [0.2, 0.25) is 5.02 Å². The second-order valence-corrected chi connectivity index (χ2v) is 6.11. The number of aliphatic hydroxyl groups is 1. The molecular formula is C19H24ClFIN3O. The third kappa shape index (κ3) is 6.74. The van der Waals surface area contributed by atoms with E-state index < -0.39 is 11.9 Å². The highest BCUT2D eigenvalue weighted by molar-refractivity contribution is 14.0. The lowest BCUT2D eigenvalue weighted by Gasteiger charge is -2.19. The summed E-state index contributed by atoms with van der Waals surface area (Å²) in [6.45, 7) is 4.67. The van der Waals surface area contributed by atoms with Crippen LogP contribution in [0.3, 0.4) is 0 Å². The molecule has 0 spiro atoms. The van der Waals surface area contributed by atoms with Gasteiger partial charge in [0.15, 0.2) is 5.96 Å². The average molecular weight is 492 g/mol. The molecule has 2 aromatic carbocycles. The zero-order valence-electron chi connectivity index (χ0n) is 14.7. The van der Waals surface area contributed by atoms with Gasteiger partial charge in [-0.25, -0.2) is 4.39 Å². The van der Waals surface area contributed by atoms with Gasteiger partial charge in [-0.3, -0.25) is 4.99 Å². The molecule has 0 aliphatic heterocycles. The van der Waals surface area contributed by atoms with Crippen LogP contribution in [-0.4, -0.2) is 24.2 Å². The van der Waals surface area contributed by atoms with Crippen LogP contribution in [0.15, 0.2) is 53.5 Å². The van der Waals surface area contributed by atoms with Crippen molar-refractivity contribution < 1.29 is 9.50 Å². The summed E-state index contributed by atoms with van der Waals surface area (Å²) in [5.74, 6) is 0.112. The van der Waals surface area contributed by atoms with Crippen molar-refractivity contribution in [3.8, 4) is 0 Å². The van der Waals surface area contributed by atoms with Gasteiger partial charge in [-0.1, -0.05) is 41.9 Å². The Balaban J connectivity index is 0.00000338. The molecule has 0 saturated heterocycles. The zero-order chi connectivity index (χ0) is 18.2. The van der Waals surface area contributed by atoms with Gasteiger partial charge in [0.25, 0.3) is 0 Å². The van der Waals surface area contributed by atoms with E-state index in [4.69, 9.17) is 11.6 Å². The van der Waals surface area contributed by atoms with Crippen LogP contribution in [-0.2, 0) is 0 Å². The average Bonchev–Trinajstić information content (AvgIpc) is 2.60. The van der Waals surface area contributed by atoms with Crippen molar-refractivity contribution in [2.75, 3.05) is 13.1 Å². The van der Waals surface area contributed by atoms with Gasteiger partial charge < -0.3 is 15.7 Å². The highest BCUT2D eigenvalue weighted by atomic mass is 127. The minimum Gasteiger partial charge on any atom is -0.386 e. The van der Waals surface area contributed by atoms with Crippen LogP contribution in [0.1, 0.15) is 37.1 Å². The lowest BCUT2D eigenvalue weighted by atomic mass is 10.1. The van der Waals surface area contributed by atoms with Gasteiger partial charge in [0.1, 0.15) is 11.9 Å². The van der Waals surface area contributed by atoms with Crippen LogP contribution in [0, 0.1) is 5.82 Å². The highest BCUT2D eigenvalue weighted by Gasteiger charge is 2.13. The molecule has 0 amide bonds. The lowest BCUT2D eigenvalue weighted by molar-refractivity contribution is 0.182. The van der Waals surface area contributed by atoms with Crippen molar-refractivity contribution in [2.45, 2.75) is 26.0 Å². The van der Waals surface area contributed by atoms with Crippen molar-refractivity contribution in [1.29, 1.82) is 0 Å². The lowest BCUT2D eigenvalue weighted by Crippen LogP contribution is -2.39.